The summed E-state index contributed by atoms with van der Waals surface area (Å²) in [6.45, 7) is 6.94. The molecule has 0 nitrogen and oxygen atoms in total. The van der Waals surface area contributed by atoms with Gasteiger partial charge in [-0.3, -0.25) is 0 Å². The van der Waals surface area contributed by atoms with Crippen LogP contribution in [0.25, 0.3) is 33.4 Å². The summed E-state index contributed by atoms with van der Waals surface area (Å²) in [6.07, 6.45) is 5.84. The van der Waals surface area contributed by atoms with Crippen molar-refractivity contribution in [3.05, 3.63) is 143 Å². The lowest BCUT2D eigenvalue weighted by Gasteiger charge is -2.26. The number of hydrogen-bond acceptors (Lipinski definition) is 0. The van der Waals surface area contributed by atoms with Gasteiger partial charge in [-0.15, -0.1) is 0 Å². The van der Waals surface area contributed by atoms with E-state index in [1.807, 2.05) is 0 Å². The van der Waals surface area contributed by atoms with E-state index in [1.54, 1.807) is 0 Å². The molecule has 4 aromatic rings. The molecule has 0 aliphatic heterocycles. The van der Waals surface area contributed by atoms with Crippen LogP contribution in [0.3, 0.4) is 0 Å². The predicted octanol–water partition coefficient (Wildman–Crippen LogP) is 9.43. The molecule has 170 valence electrons. The smallest absolute Gasteiger partial charge is 0.0164 e. The van der Waals surface area contributed by atoms with Crippen LogP contribution >= 0.6 is 0 Å². The second kappa shape index (κ2) is 8.86. The molecule has 2 radical (unpaired) electrons. The zero-order valence-corrected chi connectivity index (χ0v) is 20.7. The van der Waals surface area contributed by atoms with Crippen molar-refractivity contribution >= 4 is 11.1 Å². The number of fused-ring (bicyclic) bond motifs is 2. The second-order valence-corrected chi connectivity index (χ2v) is 9.71. The Balaban J connectivity index is 1.54. The minimum absolute atomic E-state index is 0.333. The van der Waals surface area contributed by atoms with Gasteiger partial charge in [0.1, 0.15) is 0 Å². The Morgan fingerprint density at radius 2 is 0.943 bits per heavy atom. The Bertz CT molecular complexity index is 1350. The molecule has 0 saturated heterocycles. The number of rotatable bonds is 5. The fraction of sp³-hybridized carbons (Fsp3) is 0.143. The van der Waals surface area contributed by atoms with Crippen LogP contribution in [0, 0.1) is 18.8 Å². The third-order valence-corrected chi connectivity index (χ3v) is 7.60. The van der Waals surface area contributed by atoms with Crippen molar-refractivity contribution in [2.45, 2.75) is 27.2 Å². The van der Waals surface area contributed by atoms with Crippen molar-refractivity contribution in [1.82, 2.24) is 0 Å². The molecule has 0 amide bonds. The van der Waals surface area contributed by atoms with Crippen molar-refractivity contribution in [1.29, 1.82) is 0 Å². The zero-order chi connectivity index (χ0) is 23.9. The molecule has 35 heavy (non-hydrogen) atoms. The van der Waals surface area contributed by atoms with E-state index < -0.39 is 0 Å². The van der Waals surface area contributed by atoms with Gasteiger partial charge in [0.15, 0.2) is 0 Å². The highest BCUT2D eigenvalue weighted by atomic mass is 14.4. The molecule has 0 N–H and O–H groups in total. The molecule has 0 atom stereocenters. The number of benzene rings is 4. The van der Waals surface area contributed by atoms with Gasteiger partial charge in [0.25, 0.3) is 0 Å². The summed E-state index contributed by atoms with van der Waals surface area (Å²) in [4.78, 5) is 0. The summed E-state index contributed by atoms with van der Waals surface area (Å²) in [7, 11) is 0. The van der Waals surface area contributed by atoms with Gasteiger partial charge in [0.2, 0.25) is 0 Å². The van der Waals surface area contributed by atoms with E-state index in [0.29, 0.717) is 5.92 Å². The van der Waals surface area contributed by atoms with Gasteiger partial charge in [-0.05, 0) is 75.9 Å². The first kappa shape index (κ1) is 21.9. The highest BCUT2D eigenvalue weighted by molar-refractivity contribution is 6.00. The molecular formula is C35H30. The third-order valence-electron chi connectivity index (χ3n) is 7.60. The molecule has 2 aliphatic carbocycles. The van der Waals surface area contributed by atoms with Crippen molar-refractivity contribution in [2.24, 2.45) is 5.92 Å². The molecule has 2 aliphatic rings. The standard InChI is InChI=1S/C35H30/c1-4-29(32-23(2)21-27-17-11-19-30(34(27)32)25-13-7-5-8-14-25)33-24(3)22-28-18-12-20-31(35(28)33)26-15-9-6-10-16-26/h5-22,29H,4H2,1-3H3. The van der Waals surface area contributed by atoms with Crippen LogP contribution in [0.1, 0.15) is 49.4 Å². The predicted molar refractivity (Wildman–Crippen MR) is 150 cm³/mol. The van der Waals surface area contributed by atoms with Crippen molar-refractivity contribution in [3.8, 4) is 22.3 Å². The summed E-state index contributed by atoms with van der Waals surface area (Å²) in [6, 6.07) is 35.2. The molecule has 4 aromatic carbocycles. The Kier molecular flexibility index (Phi) is 5.53. The average Bonchev–Trinajstić information content (AvgIpc) is 3.41. The first-order valence-corrected chi connectivity index (χ1v) is 12.7. The minimum Gasteiger partial charge on any atom is -0.0645 e. The van der Waals surface area contributed by atoms with Crippen LogP contribution in [0.4, 0.5) is 0 Å². The van der Waals surface area contributed by atoms with Crippen LogP contribution in [-0.2, 0) is 0 Å². The van der Waals surface area contributed by atoms with Crippen LogP contribution in [0.15, 0.2) is 108 Å². The first-order valence-electron chi connectivity index (χ1n) is 12.7. The summed E-state index contributed by atoms with van der Waals surface area (Å²) < 4.78 is 0. The quantitative estimate of drug-likeness (QED) is 0.284. The van der Waals surface area contributed by atoms with Crippen molar-refractivity contribution < 1.29 is 0 Å². The topological polar surface area (TPSA) is 0 Å². The minimum atomic E-state index is 0.333. The van der Waals surface area contributed by atoms with Gasteiger partial charge in [-0.25, -0.2) is 0 Å². The molecule has 0 spiro atoms. The Morgan fingerprint density at radius 3 is 1.34 bits per heavy atom. The van der Waals surface area contributed by atoms with Crippen molar-refractivity contribution in [2.75, 3.05) is 0 Å². The van der Waals surface area contributed by atoms with Crippen LogP contribution in [0.5, 0.6) is 0 Å². The Labute approximate surface area is 209 Å². The van der Waals surface area contributed by atoms with E-state index in [-0.39, 0.29) is 0 Å². The van der Waals surface area contributed by atoms with E-state index in [0.717, 1.165) is 6.42 Å². The van der Waals surface area contributed by atoms with Gasteiger partial charge < -0.3 is 0 Å². The fourth-order valence-electron chi connectivity index (χ4n) is 6.17. The fourth-order valence-corrected chi connectivity index (χ4v) is 6.17. The lowest BCUT2D eigenvalue weighted by molar-refractivity contribution is 0.808. The highest BCUT2D eigenvalue weighted by Crippen LogP contribution is 2.53. The molecule has 0 unspecified atom stereocenters. The van der Waals surface area contributed by atoms with Crippen LogP contribution in [-0.4, -0.2) is 0 Å². The zero-order valence-electron chi connectivity index (χ0n) is 20.7. The largest absolute Gasteiger partial charge is 0.0645 e. The lowest BCUT2D eigenvalue weighted by atomic mass is 9.77. The van der Waals surface area contributed by atoms with Gasteiger partial charge >= 0.3 is 0 Å². The summed E-state index contributed by atoms with van der Waals surface area (Å²) >= 11 is 0. The van der Waals surface area contributed by atoms with Gasteiger partial charge in [0, 0.05) is 18.8 Å². The highest BCUT2D eigenvalue weighted by Gasteiger charge is 2.34. The summed E-state index contributed by atoms with van der Waals surface area (Å²) in [5.41, 5.74) is 16.5. The molecular weight excluding hydrogens is 420 g/mol. The SMILES string of the molecule is CCC(C1=C(C)[CH]c2cccc(-c3ccccc3)c21)C1=C(C)[CH]c2cccc(-c3ccccc3)c21. The summed E-state index contributed by atoms with van der Waals surface area (Å²) in [5, 5.41) is 0. The molecule has 0 heterocycles. The molecule has 6 rings (SSSR count). The maximum absolute atomic E-state index is 2.39. The maximum atomic E-state index is 2.39. The molecule has 0 aromatic heterocycles. The second-order valence-electron chi connectivity index (χ2n) is 9.71. The van der Waals surface area contributed by atoms with Crippen LogP contribution in [0.2, 0.25) is 0 Å². The van der Waals surface area contributed by atoms with Crippen molar-refractivity contribution in [3.63, 3.8) is 0 Å². The number of allylic oxidation sites excluding steroid dienone is 4. The average molecular weight is 451 g/mol. The molecule has 0 bridgehead atoms. The monoisotopic (exact) mass is 450 g/mol. The van der Waals surface area contributed by atoms with E-state index in [9.17, 15) is 0 Å². The first-order chi connectivity index (χ1) is 17.2. The molecule has 0 heteroatoms. The van der Waals surface area contributed by atoms with Gasteiger partial charge in [-0.2, -0.15) is 0 Å². The third kappa shape index (κ3) is 3.60. The van der Waals surface area contributed by atoms with Gasteiger partial charge in [-0.1, -0.05) is 115 Å². The van der Waals surface area contributed by atoms with Gasteiger partial charge in [0.05, 0.1) is 0 Å². The van der Waals surface area contributed by atoms with E-state index in [1.165, 1.54) is 66.8 Å². The van der Waals surface area contributed by atoms with E-state index in [4.69, 9.17) is 0 Å². The molecule has 0 fully saturated rings. The maximum Gasteiger partial charge on any atom is 0.0164 e. The Hall–Kier alpha value is -3.64. The molecule has 0 saturated carbocycles. The van der Waals surface area contributed by atoms with Crippen LogP contribution < -0.4 is 0 Å². The van der Waals surface area contributed by atoms with E-state index in [2.05, 4.69) is 131 Å². The lowest BCUT2D eigenvalue weighted by Crippen LogP contribution is -2.08. The number of hydrogen-bond donors (Lipinski definition) is 0. The normalized spacial score (nSPS) is 14.6. The Morgan fingerprint density at radius 1 is 0.514 bits per heavy atom. The van der Waals surface area contributed by atoms with E-state index >= 15 is 0 Å². The summed E-state index contributed by atoms with van der Waals surface area (Å²) in [5.74, 6) is 0.333.